The number of pyridine rings is 1. The van der Waals surface area contributed by atoms with Gasteiger partial charge in [0.25, 0.3) is 0 Å². The number of hydrogen-bond acceptors (Lipinski definition) is 6. The SMILES string of the molecule is COc1cnc(C(N)Cc2ccncc2)c(OC)n1. The lowest BCUT2D eigenvalue weighted by Crippen LogP contribution is -2.17. The molecule has 2 heterocycles. The molecule has 0 bridgehead atoms. The van der Waals surface area contributed by atoms with Crippen LogP contribution in [0.2, 0.25) is 0 Å². The average molecular weight is 260 g/mol. The molecule has 0 spiro atoms. The average Bonchev–Trinajstić information content (AvgIpc) is 2.47. The lowest BCUT2D eigenvalue weighted by molar-refractivity contribution is 0.353. The first kappa shape index (κ1) is 13.2. The molecular weight excluding hydrogens is 244 g/mol. The third kappa shape index (κ3) is 3.17. The van der Waals surface area contributed by atoms with Gasteiger partial charge in [-0.15, -0.1) is 0 Å². The molecule has 100 valence electrons. The Kier molecular flexibility index (Phi) is 4.25. The third-order valence-corrected chi connectivity index (χ3v) is 2.70. The molecule has 6 nitrogen and oxygen atoms in total. The van der Waals surface area contributed by atoms with Crippen molar-refractivity contribution in [2.24, 2.45) is 5.73 Å². The third-order valence-electron chi connectivity index (χ3n) is 2.70. The van der Waals surface area contributed by atoms with Gasteiger partial charge in [0.15, 0.2) is 0 Å². The number of aromatic nitrogens is 3. The number of rotatable bonds is 5. The molecule has 2 N–H and O–H groups in total. The number of ether oxygens (including phenoxy) is 2. The number of nitrogens with two attached hydrogens (primary N) is 1. The van der Waals surface area contributed by atoms with Crippen molar-refractivity contribution in [1.82, 2.24) is 15.0 Å². The molecule has 2 rings (SSSR count). The summed E-state index contributed by atoms with van der Waals surface area (Å²) < 4.78 is 10.2. The maximum absolute atomic E-state index is 6.15. The molecule has 2 aromatic heterocycles. The summed E-state index contributed by atoms with van der Waals surface area (Å²) in [6.07, 6.45) is 5.64. The largest absolute Gasteiger partial charge is 0.480 e. The van der Waals surface area contributed by atoms with Gasteiger partial charge in [0.1, 0.15) is 5.69 Å². The highest BCUT2D eigenvalue weighted by molar-refractivity contribution is 5.27. The quantitative estimate of drug-likeness (QED) is 0.867. The van der Waals surface area contributed by atoms with Crippen molar-refractivity contribution in [2.75, 3.05) is 14.2 Å². The Hall–Kier alpha value is -2.21. The smallest absolute Gasteiger partial charge is 0.240 e. The van der Waals surface area contributed by atoms with E-state index in [-0.39, 0.29) is 6.04 Å². The molecule has 0 amide bonds. The molecule has 0 aliphatic carbocycles. The first-order valence-corrected chi connectivity index (χ1v) is 5.84. The molecule has 1 unspecified atom stereocenters. The van der Waals surface area contributed by atoms with Gasteiger partial charge in [-0.2, -0.15) is 4.98 Å². The molecule has 0 aliphatic heterocycles. The maximum atomic E-state index is 6.15. The minimum Gasteiger partial charge on any atom is -0.480 e. The molecule has 6 heteroatoms. The van der Waals surface area contributed by atoms with Gasteiger partial charge in [0.05, 0.1) is 26.5 Å². The standard InChI is InChI=1S/C13H16N4O2/c1-18-11-8-16-12(13(17-11)19-2)10(14)7-9-3-5-15-6-4-9/h3-6,8,10H,7,14H2,1-2H3. The summed E-state index contributed by atoms with van der Waals surface area (Å²) in [5.74, 6) is 0.789. The summed E-state index contributed by atoms with van der Waals surface area (Å²) in [7, 11) is 3.06. The second-order valence-corrected chi connectivity index (χ2v) is 3.97. The van der Waals surface area contributed by atoms with Gasteiger partial charge in [-0.1, -0.05) is 0 Å². The van der Waals surface area contributed by atoms with Crippen LogP contribution in [0.15, 0.2) is 30.7 Å². The summed E-state index contributed by atoms with van der Waals surface area (Å²) in [6.45, 7) is 0. The van der Waals surface area contributed by atoms with E-state index in [1.807, 2.05) is 12.1 Å². The molecule has 0 fully saturated rings. The summed E-state index contributed by atoms with van der Waals surface area (Å²) in [5.41, 5.74) is 7.85. The summed E-state index contributed by atoms with van der Waals surface area (Å²) in [4.78, 5) is 12.4. The minimum absolute atomic E-state index is 0.296. The molecule has 0 saturated heterocycles. The lowest BCUT2D eigenvalue weighted by atomic mass is 10.1. The van der Waals surface area contributed by atoms with Gasteiger partial charge >= 0.3 is 0 Å². The Morgan fingerprint density at radius 2 is 1.95 bits per heavy atom. The van der Waals surface area contributed by atoms with E-state index < -0.39 is 0 Å². The minimum atomic E-state index is -0.296. The lowest BCUT2D eigenvalue weighted by Gasteiger charge is -2.14. The summed E-state index contributed by atoms with van der Waals surface area (Å²) >= 11 is 0. The molecule has 1 atom stereocenters. The highest BCUT2D eigenvalue weighted by Crippen LogP contribution is 2.23. The van der Waals surface area contributed by atoms with Crippen LogP contribution >= 0.6 is 0 Å². The zero-order chi connectivity index (χ0) is 13.7. The first-order valence-electron chi connectivity index (χ1n) is 5.84. The van der Waals surface area contributed by atoms with Gasteiger partial charge in [-0.3, -0.25) is 4.98 Å². The number of methoxy groups -OCH3 is 2. The van der Waals surface area contributed by atoms with Gasteiger partial charge in [-0.05, 0) is 24.1 Å². The van der Waals surface area contributed by atoms with E-state index in [4.69, 9.17) is 15.2 Å². The molecule has 19 heavy (non-hydrogen) atoms. The van der Waals surface area contributed by atoms with Crippen molar-refractivity contribution >= 4 is 0 Å². The van der Waals surface area contributed by atoms with Crippen LogP contribution in [0.1, 0.15) is 17.3 Å². The van der Waals surface area contributed by atoms with Gasteiger partial charge in [-0.25, -0.2) is 4.98 Å². The van der Waals surface area contributed by atoms with E-state index in [0.717, 1.165) is 5.56 Å². The molecule has 0 aliphatic rings. The Morgan fingerprint density at radius 1 is 1.21 bits per heavy atom. The van der Waals surface area contributed by atoms with Crippen LogP contribution in [0.3, 0.4) is 0 Å². The second kappa shape index (κ2) is 6.10. The summed E-state index contributed by atoms with van der Waals surface area (Å²) in [5, 5.41) is 0. The Balaban J connectivity index is 2.21. The Morgan fingerprint density at radius 3 is 2.58 bits per heavy atom. The predicted octanol–water partition coefficient (Wildman–Crippen LogP) is 1.13. The van der Waals surface area contributed by atoms with Gasteiger partial charge in [0.2, 0.25) is 11.8 Å². The van der Waals surface area contributed by atoms with Crippen molar-refractivity contribution in [1.29, 1.82) is 0 Å². The van der Waals surface area contributed by atoms with Crippen molar-refractivity contribution in [3.05, 3.63) is 42.0 Å². The van der Waals surface area contributed by atoms with E-state index in [9.17, 15) is 0 Å². The van der Waals surface area contributed by atoms with E-state index in [0.29, 0.717) is 23.9 Å². The number of nitrogens with zero attached hydrogens (tertiary/aromatic N) is 3. The van der Waals surface area contributed by atoms with E-state index in [2.05, 4.69) is 15.0 Å². The van der Waals surface area contributed by atoms with E-state index >= 15 is 0 Å². The normalized spacial score (nSPS) is 11.9. The highest BCUT2D eigenvalue weighted by atomic mass is 16.5. The highest BCUT2D eigenvalue weighted by Gasteiger charge is 2.16. The summed E-state index contributed by atoms with van der Waals surface area (Å²) in [6, 6.07) is 3.54. The number of hydrogen-bond donors (Lipinski definition) is 1. The van der Waals surface area contributed by atoms with Crippen molar-refractivity contribution < 1.29 is 9.47 Å². The van der Waals surface area contributed by atoms with Crippen molar-refractivity contribution in [3.8, 4) is 11.8 Å². The van der Waals surface area contributed by atoms with Crippen LogP contribution in [-0.2, 0) is 6.42 Å². The van der Waals surface area contributed by atoms with Crippen LogP contribution in [0.25, 0.3) is 0 Å². The molecule has 0 aromatic carbocycles. The van der Waals surface area contributed by atoms with Crippen molar-refractivity contribution in [3.63, 3.8) is 0 Å². The fourth-order valence-corrected chi connectivity index (χ4v) is 1.74. The fraction of sp³-hybridized carbons (Fsp3) is 0.308. The Bertz CT molecular complexity index is 533. The molecule has 0 radical (unpaired) electrons. The van der Waals surface area contributed by atoms with Gasteiger partial charge < -0.3 is 15.2 Å². The van der Waals surface area contributed by atoms with Crippen LogP contribution in [-0.4, -0.2) is 29.2 Å². The van der Waals surface area contributed by atoms with Gasteiger partial charge in [0, 0.05) is 12.4 Å². The van der Waals surface area contributed by atoms with E-state index in [1.165, 1.54) is 20.4 Å². The zero-order valence-electron chi connectivity index (χ0n) is 10.9. The topological polar surface area (TPSA) is 83.2 Å². The zero-order valence-corrected chi connectivity index (χ0v) is 10.9. The maximum Gasteiger partial charge on any atom is 0.240 e. The van der Waals surface area contributed by atoms with Crippen LogP contribution in [0, 0.1) is 0 Å². The monoisotopic (exact) mass is 260 g/mol. The molecule has 0 saturated carbocycles. The van der Waals surface area contributed by atoms with Crippen LogP contribution in [0.5, 0.6) is 11.8 Å². The van der Waals surface area contributed by atoms with Crippen LogP contribution < -0.4 is 15.2 Å². The van der Waals surface area contributed by atoms with E-state index in [1.54, 1.807) is 12.4 Å². The molecule has 2 aromatic rings. The molecular formula is C13H16N4O2. The van der Waals surface area contributed by atoms with Crippen molar-refractivity contribution in [2.45, 2.75) is 12.5 Å². The first-order chi connectivity index (χ1) is 9.24. The predicted molar refractivity (Wildman–Crippen MR) is 70.0 cm³/mol. The fourth-order valence-electron chi connectivity index (χ4n) is 1.74. The van der Waals surface area contributed by atoms with Crippen LogP contribution in [0.4, 0.5) is 0 Å². The second-order valence-electron chi connectivity index (χ2n) is 3.97. The Labute approximate surface area is 111 Å².